The maximum absolute atomic E-state index is 16.6. The highest BCUT2D eigenvalue weighted by Gasteiger charge is 2.49. The summed E-state index contributed by atoms with van der Waals surface area (Å²) in [6.07, 6.45) is -4.37. The van der Waals surface area contributed by atoms with Gasteiger partial charge in [0.25, 0.3) is 0 Å². The van der Waals surface area contributed by atoms with E-state index in [2.05, 4.69) is 30.2 Å². The van der Waals surface area contributed by atoms with Gasteiger partial charge in [0, 0.05) is 38.2 Å². The third kappa shape index (κ3) is 4.58. The molecule has 4 aliphatic rings. The number of alkyl halides is 4. The number of halogens is 5. The zero-order valence-electron chi connectivity index (χ0n) is 23.6. The van der Waals surface area contributed by atoms with Crippen LogP contribution in [0.2, 0.25) is 0 Å². The van der Waals surface area contributed by atoms with Crippen LogP contribution in [0, 0.1) is 12.7 Å². The van der Waals surface area contributed by atoms with Gasteiger partial charge in [-0.15, -0.1) is 0 Å². The molecule has 7 rings (SSSR count). The molecule has 0 radical (unpaired) electrons. The van der Waals surface area contributed by atoms with E-state index in [9.17, 15) is 17.6 Å². The van der Waals surface area contributed by atoms with E-state index in [0.29, 0.717) is 38.4 Å². The van der Waals surface area contributed by atoms with Gasteiger partial charge in [-0.3, -0.25) is 4.90 Å². The van der Waals surface area contributed by atoms with Crippen molar-refractivity contribution < 1.29 is 31.4 Å². The largest absolute Gasteiger partial charge is 0.472 e. The van der Waals surface area contributed by atoms with Gasteiger partial charge in [0.2, 0.25) is 5.88 Å². The Morgan fingerprint density at radius 1 is 1.21 bits per heavy atom. The van der Waals surface area contributed by atoms with Crippen molar-refractivity contribution in [2.24, 2.45) is 0 Å². The third-order valence-corrected chi connectivity index (χ3v) is 9.10. The number of nitrogen functional groups attached to an aromatic ring is 1. The number of piperazine rings is 1. The van der Waals surface area contributed by atoms with Gasteiger partial charge < -0.3 is 25.4 Å². The van der Waals surface area contributed by atoms with Crippen molar-refractivity contribution in [1.29, 1.82) is 0 Å². The van der Waals surface area contributed by atoms with Gasteiger partial charge in [-0.25, -0.2) is 18.7 Å². The maximum atomic E-state index is 16.6. The SMILES string of the molecule is Cc1nc(N)cc(-c2nc3c4c(nc(OC[C@@]56CCCN5C[C@H](F)C6)nc4c2F)N2CCNC[C@H]2[C@H](C)O3)c1C(F)(F)F. The Morgan fingerprint density at radius 2 is 2.02 bits per heavy atom. The molecule has 0 bridgehead atoms. The predicted octanol–water partition coefficient (Wildman–Crippen LogP) is 3.65. The average molecular weight is 607 g/mol. The highest BCUT2D eigenvalue weighted by molar-refractivity contribution is 5.97. The topological polar surface area (TPSA) is 115 Å². The highest BCUT2D eigenvalue weighted by Crippen LogP contribution is 2.46. The van der Waals surface area contributed by atoms with E-state index in [1.807, 2.05) is 11.8 Å². The first-order valence-electron chi connectivity index (χ1n) is 14.4. The van der Waals surface area contributed by atoms with Crippen LogP contribution in [0.25, 0.3) is 22.2 Å². The van der Waals surface area contributed by atoms with Crippen LogP contribution in [-0.4, -0.2) is 88.0 Å². The minimum absolute atomic E-state index is 0.0902. The first-order chi connectivity index (χ1) is 20.4. The fraction of sp³-hybridized carbons (Fsp3) is 0.571. The van der Waals surface area contributed by atoms with Gasteiger partial charge in [0.05, 0.1) is 22.8 Å². The summed E-state index contributed by atoms with van der Waals surface area (Å²) in [6, 6.07) is 0.561. The van der Waals surface area contributed by atoms with Crippen LogP contribution >= 0.6 is 0 Å². The summed E-state index contributed by atoms with van der Waals surface area (Å²) in [5, 5.41) is 3.45. The fourth-order valence-corrected chi connectivity index (χ4v) is 7.19. The van der Waals surface area contributed by atoms with E-state index in [1.54, 1.807) is 0 Å². The van der Waals surface area contributed by atoms with E-state index in [-0.39, 0.29) is 41.3 Å². The van der Waals surface area contributed by atoms with Crippen molar-refractivity contribution in [1.82, 2.24) is 30.2 Å². The summed E-state index contributed by atoms with van der Waals surface area (Å²) < 4.78 is 86.0. The number of anilines is 2. The first kappa shape index (κ1) is 28.2. The molecule has 0 aromatic carbocycles. The van der Waals surface area contributed by atoms with Crippen LogP contribution in [0.5, 0.6) is 11.9 Å². The number of pyridine rings is 2. The maximum Gasteiger partial charge on any atom is 0.418 e. The summed E-state index contributed by atoms with van der Waals surface area (Å²) in [4.78, 5) is 21.2. The number of nitrogens with one attached hydrogen (secondary N) is 1. The monoisotopic (exact) mass is 606 g/mol. The number of nitrogens with zero attached hydrogens (tertiary/aromatic N) is 6. The molecule has 3 saturated heterocycles. The molecule has 43 heavy (non-hydrogen) atoms. The Hall–Kier alpha value is -3.59. The molecular formula is C28H31F5N8O2. The molecule has 0 unspecified atom stereocenters. The molecule has 4 aliphatic heterocycles. The molecule has 15 heteroatoms. The van der Waals surface area contributed by atoms with E-state index >= 15 is 4.39 Å². The molecule has 0 spiro atoms. The molecule has 3 N–H and O–H groups in total. The fourth-order valence-electron chi connectivity index (χ4n) is 7.19. The quantitative estimate of drug-likeness (QED) is 0.427. The summed E-state index contributed by atoms with van der Waals surface area (Å²) in [6.45, 7) is 5.81. The zero-order valence-corrected chi connectivity index (χ0v) is 23.6. The highest BCUT2D eigenvalue weighted by atomic mass is 19.4. The van der Waals surface area contributed by atoms with Crippen LogP contribution in [0.1, 0.15) is 37.4 Å². The van der Waals surface area contributed by atoms with Crippen LogP contribution < -0.4 is 25.4 Å². The van der Waals surface area contributed by atoms with Gasteiger partial charge in [-0.2, -0.15) is 23.1 Å². The van der Waals surface area contributed by atoms with Crippen molar-refractivity contribution in [2.75, 3.05) is 50.0 Å². The third-order valence-electron chi connectivity index (χ3n) is 9.10. The van der Waals surface area contributed by atoms with Gasteiger partial charge >= 0.3 is 12.2 Å². The average Bonchev–Trinajstić information content (AvgIpc) is 3.43. The Morgan fingerprint density at radius 3 is 2.81 bits per heavy atom. The molecule has 0 aliphatic carbocycles. The lowest BCUT2D eigenvalue weighted by atomic mass is 9.95. The molecule has 3 aromatic rings. The summed E-state index contributed by atoms with van der Waals surface area (Å²) in [5.74, 6) is -1.09. The Balaban J connectivity index is 1.42. The second-order valence-corrected chi connectivity index (χ2v) is 11.8. The molecule has 3 fully saturated rings. The van der Waals surface area contributed by atoms with Gasteiger partial charge in [0.1, 0.15) is 47.1 Å². The van der Waals surface area contributed by atoms with E-state index < -0.39 is 52.3 Å². The van der Waals surface area contributed by atoms with Gasteiger partial charge in [0.15, 0.2) is 5.82 Å². The molecule has 10 nitrogen and oxygen atoms in total. The molecule has 4 atom stereocenters. The first-order valence-corrected chi connectivity index (χ1v) is 14.4. The number of hydrogen-bond donors (Lipinski definition) is 2. The van der Waals surface area contributed by atoms with E-state index in [0.717, 1.165) is 32.4 Å². The van der Waals surface area contributed by atoms with Gasteiger partial charge in [-0.05, 0) is 39.3 Å². The van der Waals surface area contributed by atoms with Crippen molar-refractivity contribution in [3.05, 3.63) is 23.1 Å². The molecule has 0 saturated carbocycles. The number of ether oxygens (including phenoxy) is 2. The Labute approximate surface area is 243 Å². The minimum atomic E-state index is -4.87. The molecular weight excluding hydrogens is 575 g/mol. The number of aromatic nitrogens is 4. The van der Waals surface area contributed by atoms with Crippen LogP contribution in [-0.2, 0) is 6.18 Å². The van der Waals surface area contributed by atoms with Crippen LogP contribution in [0.15, 0.2) is 6.07 Å². The number of fused-ring (bicyclic) bond motifs is 3. The number of aryl methyl sites for hydroxylation is 1. The predicted molar refractivity (Wildman–Crippen MR) is 147 cm³/mol. The van der Waals surface area contributed by atoms with Crippen molar-refractivity contribution in [3.63, 3.8) is 0 Å². The lowest BCUT2D eigenvalue weighted by Gasteiger charge is -2.38. The van der Waals surface area contributed by atoms with Crippen molar-refractivity contribution >= 4 is 22.5 Å². The second kappa shape index (κ2) is 9.97. The van der Waals surface area contributed by atoms with Crippen molar-refractivity contribution in [3.8, 4) is 23.1 Å². The van der Waals surface area contributed by atoms with Gasteiger partial charge in [-0.1, -0.05) is 0 Å². The number of nitrogens with two attached hydrogens (primary N) is 1. The zero-order chi connectivity index (χ0) is 30.3. The summed E-state index contributed by atoms with van der Waals surface area (Å²) >= 11 is 0. The van der Waals surface area contributed by atoms with Crippen molar-refractivity contribution in [2.45, 2.75) is 63.1 Å². The Bertz CT molecular complexity index is 1610. The standard InChI is InChI=1S/C28H31F5N8O2/c1-13-20(28(31,32)33)16(8-18(34)36-13)22-21(30)23-19-24(41-7-5-35-10-17(41)14(2)43-25(19)37-22)39-26(38-23)42-12-27-4-3-6-40(27)11-15(29)9-27/h8,14-15,17,35H,3-7,9-12H2,1-2H3,(H2,34,36)/t14-,15+,17-,27-/m0/s1. The smallest absolute Gasteiger partial charge is 0.418 e. The van der Waals surface area contributed by atoms with E-state index in [1.165, 1.54) is 0 Å². The normalized spacial score (nSPS) is 27.1. The summed E-state index contributed by atoms with van der Waals surface area (Å²) in [7, 11) is 0. The molecule has 3 aromatic heterocycles. The molecule has 230 valence electrons. The number of rotatable bonds is 4. The number of hydrogen-bond acceptors (Lipinski definition) is 10. The lowest BCUT2D eigenvalue weighted by Crippen LogP contribution is -2.56. The Kier molecular flexibility index (Phi) is 6.54. The second-order valence-electron chi connectivity index (χ2n) is 11.8. The molecule has 0 amide bonds. The minimum Gasteiger partial charge on any atom is -0.472 e. The molecule has 7 heterocycles. The lowest BCUT2D eigenvalue weighted by molar-refractivity contribution is -0.137. The van der Waals surface area contributed by atoms with Crippen LogP contribution in [0.3, 0.4) is 0 Å². The van der Waals surface area contributed by atoms with Crippen LogP contribution in [0.4, 0.5) is 33.6 Å². The van der Waals surface area contributed by atoms with E-state index in [4.69, 9.17) is 15.2 Å². The summed E-state index contributed by atoms with van der Waals surface area (Å²) in [5.41, 5.74) is 2.26.